The fourth-order valence-corrected chi connectivity index (χ4v) is 5.77. The van der Waals surface area contributed by atoms with Crippen molar-refractivity contribution in [3.05, 3.63) is 142 Å². The first-order valence-electron chi connectivity index (χ1n) is 12.6. The van der Waals surface area contributed by atoms with E-state index in [0.717, 1.165) is 11.6 Å². The zero-order chi connectivity index (χ0) is 28.6. The lowest BCUT2D eigenvalue weighted by molar-refractivity contribution is -0.122. The highest BCUT2D eigenvalue weighted by Crippen LogP contribution is 2.51. The van der Waals surface area contributed by atoms with Crippen LogP contribution in [0.3, 0.4) is 0 Å². The molecule has 5 nitrogen and oxygen atoms in total. The third kappa shape index (κ3) is 5.12. The monoisotopic (exact) mass is 558 g/mol. The highest BCUT2D eigenvalue weighted by atomic mass is 35.5. The van der Waals surface area contributed by atoms with E-state index >= 15 is 0 Å². The van der Waals surface area contributed by atoms with Crippen LogP contribution in [0.5, 0.6) is 0 Å². The average Bonchev–Trinajstić information content (AvgIpc) is 3.29. The maximum atomic E-state index is 14.4. The number of nitrogens with two attached hydrogens (primary N) is 1. The zero-order valence-electron chi connectivity index (χ0n) is 21.4. The number of nitrogens with zero attached hydrogens (tertiary/aromatic N) is 1. The van der Waals surface area contributed by atoms with Gasteiger partial charge in [0.2, 0.25) is 5.91 Å². The molecule has 1 heterocycles. The number of ketones is 1. The number of amides is 2. The molecule has 1 fully saturated rings. The third-order valence-electron chi connectivity index (χ3n) is 7.34. The van der Waals surface area contributed by atoms with Gasteiger partial charge in [-0.15, -0.1) is 0 Å². The molecular formula is C32H25ClF2N2O3. The Labute approximate surface area is 235 Å². The summed E-state index contributed by atoms with van der Waals surface area (Å²) < 4.78 is 28.2. The number of benzene rings is 4. The molecule has 202 valence electrons. The van der Waals surface area contributed by atoms with Crippen molar-refractivity contribution in [3.63, 3.8) is 0 Å². The number of rotatable bonds is 6. The molecule has 1 saturated heterocycles. The molecule has 0 radical (unpaired) electrons. The minimum atomic E-state index is -1.30. The molecule has 2 N–H and O–H groups in total. The van der Waals surface area contributed by atoms with Crippen molar-refractivity contribution in [2.45, 2.75) is 24.9 Å². The number of hydrogen-bond donors (Lipinski definition) is 1. The second-order valence-corrected chi connectivity index (χ2v) is 10.3. The summed E-state index contributed by atoms with van der Waals surface area (Å²) in [5, 5.41) is 0.438. The van der Waals surface area contributed by atoms with Gasteiger partial charge < -0.3 is 10.6 Å². The number of carbonyl (C=O) groups is 3. The first kappa shape index (κ1) is 27.2. The van der Waals surface area contributed by atoms with Crippen molar-refractivity contribution in [1.29, 1.82) is 0 Å². The molecule has 0 aromatic heterocycles. The number of likely N-dealkylation sites (tertiary alicyclic amines) is 1. The van der Waals surface area contributed by atoms with Gasteiger partial charge in [0.15, 0.2) is 5.78 Å². The van der Waals surface area contributed by atoms with Crippen LogP contribution in [-0.4, -0.2) is 28.5 Å². The molecule has 2 amide bonds. The zero-order valence-corrected chi connectivity index (χ0v) is 22.2. The van der Waals surface area contributed by atoms with Gasteiger partial charge in [-0.25, -0.2) is 8.78 Å². The molecular weight excluding hydrogens is 534 g/mol. The topological polar surface area (TPSA) is 80.5 Å². The lowest BCUT2D eigenvalue weighted by Crippen LogP contribution is -2.46. The van der Waals surface area contributed by atoms with Gasteiger partial charge >= 0.3 is 0 Å². The summed E-state index contributed by atoms with van der Waals surface area (Å²) >= 11 is 6.16. The molecule has 40 heavy (non-hydrogen) atoms. The van der Waals surface area contributed by atoms with E-state index < -0.39 is 47.4 Å². The van der Waals surface area contributed by atoms with Crippen molar-refractivity contribution in [2.24, 2.45) is 11.7 Å². The molecule has 4 aromatic carbocycles. The van der Waals surface area contributed by atoms with E-state index in [4.69, 9.17) is 17.3 Å². The number of aryl methyl sites for hydroxylation is 1. The molecule has 0 bridgehead atoms. The van der Waals surface area contributed by atoms with Gasteiger partial charge in [0.1, 0.15) is 17.7 Å². The number of carbonyl (C=O) groups excluding carboxylic acids is 3. The molecule has 4 atom stereocenters. The van der Waals surface area contributed by atoms with E-state index in [1.807, 2.05) is 13.0 Å². The van der Waals surface area contributed by atoms with Gasteiger partial charge in [-0.05, 0) is 66.6 Å². The molecule has 5 rings (SSSR count). The van der Waals surface area contributed by atoms with E-state index in [1.54, 1.807) is 42.5 Å². The van der Waals surface area contributed by atoms with E-state index in [2.05, 4.69) is 0 Å². The molecule has 0 saturated carbocycles. The summed E-state index contributed by atoms with van der Waals surface area (Å²) in [6.07, 6.45) is 0. The van der Waals surface area contributed by atoms with Crippen LogP contribution < -0.4 is 5.73 Å². The van der Waals surface area contributed by atoms with E-state index in [9.17, 15) is 23.2 Å². The first-order valence-corrected chi connectivity index (χ1v) is 13.0. The van der Waals surface area contributed by atoms with E-state index in [-0.39, 0.29) is 11.3 Å². The largest absolute Gasteiger partial charge is 0.368 e. The van der Waals surface area contributed by atoms with Crippen molar-refractivity contribution < 1.29 is 23.2 Å². The summed E-state index contributed by atoms with van der Waals surface area (Å²) in [7, 11) is 0. The summed E-state index contributed by atoms with van der Waals surface area (Å²) in [5.74, 6) is -4.90. The Morgan fingerprint density at radius 3 is 2.02 bits per heavy atom. The summed E-state index contributed by atoms with van der Waals surface area (Å²) in [6.45, 7) is 1.85. The van der Waals surface area contributed by atoms with Gasteiger partial charge in [-0.1, -0.05) is 65.7 Å². The lowest BCUT2D eigenvalue weighted by atomic mass is 9.76. The van der Waals surface area contributed by atoms with Gasteiger partial charge in [-0.3, -0.25) is 14.4 Å². The van der Waals surface area contributed by atoms with Gasteiger partial charge in [0.05, 0.1) is 12.0 Å². The second-order valence-electron chi connectivity index (χ2n) is 9.90. The Kier molecular flexibility index (Phi) is 7.50. The number of Topliss-reactive ketones (excluding diaryl/α,β-unsaturated/α-hetero) is 1. The van der Waals surface area contributed by atoms with Crippen molar-refractivity contribution in [3.8, 4) is 0 Å². The fourth-order valence-electron chi connectivity index (χ4n) is 5.65. The van der Waals surface area contributed by atoms with Crippen molar-refractivity contribution >= 4 is 29.2 Å². The third-order valence-corrected chi connectivity index (χ3v) is 7.59. The van der Waals surface area contributed by atoms with Crippen LogP contribution in [0.15, 0.2) is 97.1 Å². The van der Waals surface area contributed by atoms with Crippen LogP contribution in [0.25, 0.3) is 0 Å². The van der Waals surface area contributed by atoms with E-state index in [1.165, 1.54) is 47.4 Å². The van der Waals surface area contributed by atoms with Crippen LogP contribution in [0.4, 0.5) is 8.78 Å². The standard InChI is InChI=1S/C32H25ClF2N2O3/c1-18-4-2-5-21(16-18)30(38)27-26(19-10-14-24(34)15-11-19)29(31(36)39)37(28(27)20-8-12-23(33)13-9-20)32(40)22-6-3-7-25(35)17-22/h2-17,26-29H,1H3,(H2,36,39). The SMILES string of the molecule is Cc1cccc(C(=O)C2C(c3ccc(F)cc3)C(C(N)=O)N(C(=O)c3cccc(F)c3)C2c2ccc(Cl)cc2)c1. The molecule has 4 unspecified atom stereocenters. The highest BCUT2D eigenvalue weighted by molar-refractivity contribution is 6.30. The minimum Gasteiger partial charge on any atom is -0.368 e. The molecule has 0 aliphatic carbocycles. The Morgan fingerprint density at radius 2 is 1.40 bits per heavy atom. The lowest BCUT2D eigenvalue weighted by Gasteiger charge is -2.31. The smallest absolute Gasteiger partial charge is 0.255 e. The Balaban J connectivity index is 1.78. The normalized spacial score (nSPS) is 20.4. The molecule has 8 heteroatoms. The predicted molar refractivity (Wildman–Crippen MR) is 148 cm³/mol. The quantitative estimate of drug-likeness (QED) is 0.284. The van der Waals surface area contributed by atoms with Crippen LogP contribution in [0.1, 0.15) is 49.4 Å². The fraction of sp³-hybridized carbons (Fsp3) is 0.156. The van der Waals surface area contributed by atoms with Crippen LogP contribution in [0.2, 0.25) is 5.02 Å². The maximum Gasteiger partial charge on any atom is 0.255 e. The van der Waals surface area contributed by atoms with Crippen molar-refractivity contribution in [2.75, 3.05) is 0 Å². The molecule has 1 aliphatic heterocycles. The highest BCUT2D eigenvalue weighted by Gasteiger charge is 2.57. The average molecular weight is 559 g/mol. The molecule has 1 aliphatic rings. The van der Waals surface area contributed by atoms with Crippen molar-refractivity contribution in [1.82, 2.24) is 4.90 Å². The number of halogens is 3. The van der Waals surface area contributed by atoms with Gasteiger partial charge in [0, 0.05) is 22.1 Å². The van der Waals surface area contributed by atoms with Gasteiger partial charge in [0.25, 0.3) is 5.91 Å². The predicted octanol–water partition coefficient (Wildman–Crippen LogP) is 6.26. The first-order chi connectivity index (χ1) is 19.2. The van der Waals surface area contributed by atoms with Crippen LogP contribution >= 0.6 is 11.6 Å². The maximum absolute atomic E-state index is 14.4. The summed E-state index contributed by atoms with van der Waals surface area (Å²) in [4.78, 5) is 43.0. The molecule has 0 spiro atoms. The minimum absolute atomic E-state index is 0.00766. The Morgan fingerprint density at radius 1 is 0.775 bits per heavy atom. The number of primary amides is 1. The summed E-state index contributed by atoms with van der Waals surface area (Å²) in [6, 6.07) is 21.9. The van der Waals surface area contributed by atoms with Crippen LogP contribution in [0, 0.1) is 24.5 Å². The van der Waals surface area contributed by atoms with E-state index in [0.29, 0.717) is 21.7 Å². The van der Waals surface area contributed by atoms with Crippen LogP contribution in [-0.2, 0) is 4.79 Å². The van der Waals surface area contributed by atoms with Gasteiger partial charge in [-0.2, -0.15) is 0 Å². The Bertz CT molecular complexity index is 1590. The summed E-state index contributed by atoms with van der Waals surface area (Å²) in [5.41, 5.74) is 8.20. The second kappa shape index (κ2) is 11.0. The Hall–Kier alpha value is -4.36. The molecule has 4 aromatic rings. The number of hydrogen-bond acceptors (Lipinski definition) is 3.